The van der Waals surface area contributed by atoms with Crippen LogP contribution in [0.3, 0.4) is 0 Å². The van der Waals surface area contributed by atoms with Gasteiger partial charge in [-0.3, -0.25) is 9.78 Å². The summed E-state index contributed by atoms with van der Waals surface area (Å²) < 4.78 is 11.7. The molecule has 1 amide bonds. The summed E-state index contributed by atoms with van der Waals surface area (Å²) in [6, 6.07) is 3.72. The monoisotopic (exact) mass is 385 g/mol. The molecular formula is C16H20ClN3O2S2. The van der Waals surface area contributed by atoms with Crippen LogP contribution in [0.2, 0.25) is 5.15 Å². The van der Waals surface area contributed by atoms with E-state index in [0.29, 0.717) is 21.7 Å². The van der Waals surface area contributed by atoms with Gasteiger partial charge in [0.1, 0.15) is 15.3 Å². The number of halogens is 1. The highest BCUT2D eigenvalue weighted by Crippen LogP contribution is 2.38. The molecule has 0 radical (unpaired) electrons. The summed E-state index contributed by atoms with van der Waals surface area (Å²) >= 11 is 6.57. The summed E-state index contributed by atoms with van der Waals surface area (Å²) in [5, 5.41) is 1.40. The van der Waals surface area contributed by atoms with Crippen LogP contribution >= 0.6 is 22.9 Å². The molecule has 0 bridgehead atoms. The molecule has 2 rings (SSSR count). The van der Waals surface area contributed by atoms with E-state index in [1.165, 1.54) is 11.3 Å². The van der Waals surface area contributed by atoms with Gasteiger partial charge in [-0.05, 0) is 32.9 Å². The minimum atomic E-state index is -1.07. The minimum absolute atomic E-state index is 0.0940. The van der Waals surface area contributed by atoms with Gasteiger partial charge in [0, 0.05) is 24.5 Å². The lowest BCUT2D eigenvalue weighted by Crippen LogP contribution is -2.41. The van der Waals surface area contributed by atoms with Crippen LogP contribution in [0.1, 0.15) is 20.8 Å². The highest BCUT2D eigenvalue weighted by atomic mass is 35.5. The first-order valence-corrected chi connectivity index (χ1v) is 10.4. The number of hydrogen-bond acceptors (Lipinski definition) is 5. The Balaban J connectivity index is 2.31. The lowest BCUT2D eigenvalue weighted by Gasteiger charge is -2.26. The van der Waals surface area contributed by atoms with Gasteiger partial charge in [-0.15, -0.1) is 0 Å². The largest absolute Gasteiger partial charge is 0.616 e. The van der Waals surface area contributed by atoms with E-state index in [2.05, 4.69) is 9.97 Å². The second-order valence-corrected chi connectivity index (χ2v) is 8.51. The molecule has 0 N–H and O–H groups in total. The Bertz CT molecular complexity index is 694. The van der Waals surface area contributed by atoms with Gasteiger partial charge in [-0.25, -0.2) is 4.98 Å². The van der Waals surface area contributed by atoms with Crippen LogP contribution in [0.25, 0.3) is 10.6 Å². The predicted octanol–water partition coefficient (Wildman–Crippen LogP) is 3.61. The molecular weight excluding hydrogens is 366 g/mol. The van der Waals surface area contributed by atoms with Crippen molar-refractivity contribution in [2.75, 3.05) is 17.7 Å². The van der Waals surface area contributed by atoms with Gasteiger partial charge in [-0.2, -0.15) is 0 Å². The lowest BCUT2D eigenvalue weighted by atomic mass is 10.1. The van der Waals surface area contributed by atoms with Gasteiger partial charge < -0.3 is 9.45 Å². The van der Waals surface area contributed by atoms with E-state index in [4.69, 9.17) is 11.6 Å². The van der Waals surface area contributed by atoms with Crippen LogP contribution in [0.5, 0.6) is 0 Å². The van der Waals surface area contributed by atoms with Gasteiger partial charge in [0.2, 0.25) is 5.91 Å². The molecule has 0 spiro atoms. The fourth-order valence-electron chi connectivity index (χ4n) is 2.21. The van der Waals surface area contributed by atoms with Gasteiger partial charge in [-0.1, -0.05) is 34.1 Å². The number of carbonyl (C=O) groups is 1. The smallest absolute Gasteiger partial charge is 0.235 e. The molecule has 0 aromatic carbocycles. The van der Waals surface area contributed by atoms with E-state index in [0.717, 1.165) is 5.56 Å². The number of aromatic nitrogens is 2. The molecule has 2 aromatic rings. The van der Waals surface area contributed by atoms with Gasteiger partial charge in [0.15, 0.2) is 5.15 Å². The Morgan fingerprint density at radius 2 is 2.21 bits per heavy atom. The Hall–Kier alpha value is -1.15. The SMILES string of the molecule is CCN(C(=O)C(C)C(C)[S+](C)[O-])c1sc(-c2cccnc2)nc1Cl. The van der Waals surface area contributed by atoms with E-state index < -0.39 is 11.2 Å². The van der Waals surface area contributed by atoms with E-state index in [1.807, 2.05) is 26.0 Å². The second kappa shape index (κ2) is 8.29. The summed E-state index contributed by atoms with van der Waals surface area (Å²) in [6.45, 7) is 5.98. The van der Waals surface area contributed by atoms with Crippen LogP contribution in [-0.2, 0) is 16.0 Å². The van der Waals surface area contributed by atoms with E-state index in [-0.39, 0.29) is 17.1 Å². The molecule has 130 valence electrons. The highest BCUT2D eigenvalue weighted by Gasteiger charge is 2.32. The first-order valence-electron chi connectivity index (χ1n) is 7.57. The molecule has 0 saturated carbocycles. The maximum absolute atomic E-state index is 12.8. The standard InChI is InChI=1S/C16H20ClN3O2S2/c1-5-20(15(21)10(2)11(3)24(4)22)16-13(17)19-14(23-16)12-7-6-8-18-9-12/h6-11H,5H2,1-4H3. The van der Waals surface area contributed by atoms with Crippen LogP contribution in [-0.4, -0.2) is 38.5 Å². The Kier molecular flexibility index (Phi) is 6.62. The third-order valence-corrected chi connectivity index (χ3v) is 6.88. The molecule has 0 aliphatic rings. The summed E-state index contributed by atoms with van der Waals surface area (Å²) in [5.41, 5.74) is 0.857. The van der Waals surface area contributed by atoms with Gasteiger partial charge in [0.05, 0.1) is 12.2 Å². The van der Waals surface area contributed by atoms with Crippen molar-refractivity contribution in [2.45, 2.75) is 26.0 Å². The zero-order valence-corrected chi connectivity index (χ0v) is 16.4. The second-order valence-electron chi connectivity index (χ2n) is 5.43. The molecule has 2 heterocycles. The summed E-state index contributed by atoms with van der Waals surface area (Å²) in [4.78, 5) is 22.9. The fourth-order valence-corrected chi connectivity index (χ4v) is 4.27. The van der Waals surface area contributed by atoms with Crippen molar-refractivity contribution in [2.24, 2.45) is 5.92 Å². The zero-order chi connectivity index (χ0) is 17.9. The number of rotatable bonds is 6. The average molecular weight is 386 g/mol. The Morgan fingerprint density at radius 3 is 2.75 bits per heavy atom. The maximum Gasteiger partial charge on any atom is 0.235 e. The topological polar surface area (TPSA) is 69.2 Å². The van der Waals surface area contributed by atoms with Crippen molar-refractivity contribution in [3.05, 3.63) is 29.7 Å². The molecule has 0 saturated heterocycles. The van der Waals surface area contributed by atoms with Crippen molar-refractivity contribution in [1.29, 1.82) is 0 Å². The van der Waals surface area contributed by atoms with Crippen molar-refractivity contribution >= 4 is 45.0 Å². The fraction of sp³-hybridized carbons (Fsp3) is 0.438. The van der Waals surface area contributed by atoms with E-state index >= 15 is 0 Å². The summed E-state index contributed by atoms with van der Waals surface area (Å²) in [5.74, 6) is -0.459. The summed E-state index contributed by atoms with van der Waals surface area (Å²) in [7, 11) is 0. The van der Waals surface area contributed by atoms with Crippen molar-refractivity contribution in [1.82, 2.24) is 9.97 Å². The molecule has 8 heteroatoms. The molecule has 0 aliphatic carbocycles. The Morgan fingerprint density at radius 1 is 1.50 bits per heavy atom. The quantitative estimate of drug-likeness (QED) is 0.712. The molecule has 3 atom stereocenters. The lowest BCUT2D eigenvalue weighted by molar-refractivity contribution is -0.121. The number of amides is 1. The van der Waals surface area contributed by atoms with Crippen LogP contribution in [0.4, 0.5) is 5.00 Å². The summed E-state index contributed by atoms with van der Waals surface area (Å²) in [6.07, 6.45) is 5.02. The zero-order valence-electron chi connectivity index (χ0n) is 14.0. The van der Waals surface area contributed by atoms with E-state index in [1.54, 1.807) is 30.5 Å². The number of hydrogen-bond donors (Lipinski definition) is 0. The molecule has 24 heavy (non-hydrogen) atoms. The van der Waals surface area contributed by atoms with Gasteiger partial charge in [0.25, 0.3) is 0 Å². The molecule has 3 unspecified atom stereocenters. The first kappa shape index (κ1) is 19.2. The Labute approximate surface area is 154 Å². The third-order valence-electron chi connectivity index (χ3n) is 3.92. The minimum Gasteiger partial charge on any atom is -0.616 e. The number of carbonyl (C=O) groups excluding carboxylic acids is 1. The van der Waals surface area contributed by atoms with E-state index in [9.17, 15) is 9.35 Å². The van der Waals surface area contributed by atoms with Crippen molar-refractivity contribution in [3.63, 3.8) is 0 Å². The first-order chi connectivity index (χ1) is 11.4. The van der Waals surface area contributed by atoms with Crippen LogP contribution in [0.15, 0.2) is 24.5 Å². The highest BCUT2D eigenvalue weighted by molar-refractivity contribution is 7.91. The normalized spacial score (nSPS) is 14.9. The number of thiazole rings is 1. The molecule has 0 aliphatic heterocycles. The average Bonchev–Trinajstić information content (AvgIpc) is 2.96. The number of anilines is 1. The van der Waals surface area contributed by atoms with Crippen LogP contribution in [0, 0.1) is 5.92 Å². The molecule has 2 aromatic heterocycles. The van der Waals surface area contributed by atoms with Crippen molar-refractivity contribution < 1.29 is 9.35 Å². The molecule has 5 nitrogen and oxygen atoms in total. The van der Waals surface area contributed by atoms with Crippen molar-refractivity contribution in [3.8, 4) is 10.6 Å². The number of pyridine rings is 1. The maximum atomic E-state index is 12.8. The predicted molar refractivity (Wildman–Crippen MR) is 101 cm³/mol. The molecule has 0 fully saturated rings. The number of nitrogens with zero attached hydrogens (tertiary/aromatic N) is 3. The van der Waals surface area contributed by atoms with Gasteiger partial charge >= 0.3 is 0 Å². The van der Waals surface area contributed by atoms with Crippen LogP contribution < -0.4 is 4.90 Å². The third kappa shape index (κ3) is 4.08.